The fourth-order valence-corrected chi connectivity index (χ4v) is 9.47. The van der Waals surface area contributed by atoms with Crippen molar-refractivity contribution in [1.82, 2.24) is 28.7 Å². The number of hydrogen-bond acceptors (Lipinski definition) is 8. The fourth-order valence-electron chi connectivity index (χ4n) is 5.38. The third kappa shape index (κ3) is 6.96. The van der Waals surface area contributed by atoms with E-state index in [0.717, 1.165) is 30.1 Å². The van der Waals surface area contributed by atoms with Crippen molar-refractivity contribution in [3.8, 4) is 5.82 Å². The number of nitrogens with zero attached hydrogens (tertiary/aromatic N) is 6. The predicted molar refractivity (Wildman–Crippen MR) is 205 cm³/mol. The van der Waals surface area contributed by atoms with Crippen molar-refractivity contribution in [2.45, 2.75) is 9.79 Å². The molecule has 0 aliphatic rings. The summed E-state index contributed by atoms with van der Waals surface area (Å²) >= 11 is 18.8. The average Bonchev–Trinajstić information content (AvgIpc) is 3.48. The quantitative estimate of drug-likeness (QED) is 0.135. The lowest BCUT2D eigenvalue weighted by Gasteiger charge is -2.41. The molecule has 0 saturated heterocycles. The summed E-state index contributed by atoms with van der Waals surface area (Å²) in [5, 5.41) is 3.73. The lowest BCUT2D eigenvalue weighted by molar-refractivity contribution is 0.370. The molecule has 262 valence electrons. The van der Waals surface area contributed by atoms with Crippen LogP contribution in [-0.2, 0) is 10.0 Å². The number of sulfonamides is 1. The van der Waals surface area contributed by atoms with Gasteiger partial charge in [0.1, 0.15) is 28.4 Å². The van der Waals surface area contributed by atoms with Gasteiger partial charge in [-0.05, 0) is 76.1 Å². The molecule has 0 spiro atoms. The van der Waals surface area contributed by atoms with Crippen LogP contribution in [0, 0.1) is 5.82 Å². The Kier molecular flexibility index (Phi) is 10.2. The number of anilines is 3. The molecule has 0 amide bonds. The Morgan fingerprint density at radius 3 is 2.38 bits per heavy atom. The number of halogens is 4. The van der Waals surface area contributed by atoms with Crippen molar-refractivity contribution in [3.63, 3.8) is 0 Å². The van der Waals surface area contributed by atoms with Gasteiger partial charge >= 0.3 is 0 Å². The number of rotatable bonds is 11. The van der Waals surface area contributed by atoms with Gasteiger partial charge < -0.3 is 14.8 Å². The molecular weight excluding hydrogens is 742 g/mol. The van der Waals surface area contributed by atoms with E-state index in [2.05, 4.69) is 81.2 Å². The molecule has 6 rings (SSSR count). The Bertz CT molecular complexity index is 2360. The highest BCUT2D eigenvalue weighted by atomic mass is 35.5. The summed E-state index contributed by atoms with van der Waals surface area (Å²) in [7, 11) is 0.662. The van der Waals surface area contributed by atoms with Crippen LogP contribution in [-0.4, -0.2) is 83.9 Å². The monoisotopic (exact) mass is 774 g/mol. The lowest BCUT2D eigenvalue weighted by atomic mass is 10.2. The minimum atomic E-state index is -4.25. The molecule has 0 atom stereocenters. The smallest absolute Gasteiger partial charge is 0.263 e. The highest BCUT2D eigenvalue weighted by Gasteiger charge is 2.26. The van der Waals surface area contributed by atoms with E-state index < -0.39 is 26.1 Å². The molecule has 2 N–H and O–H groups in total. The molecule has 0 aliphatic carbocycles. The summed E-state index contributed by atoms with van der Waals surface area (Å²) in [6.07, 6.45) is 8.03. The van der Waals surface area contributed by atoms with Crippen molar-refractivity contribution in [2.75, 3.05) is 56.8 Å². The van der Waals surface area contributed by atoms with Crippen molar-refractivity contribution in [2.24, 2.45) is 0 Å². The summed E-state index contributed by atoms with van der Waals surface area (Å²) in [5.41, 5.74) is 1.53. The van der Waals surface area contributed by atoms with Crippen LogP contribution in [0.15, 0.2) is 89.0 Å². The van der Waals surface area contributed by atoms with E-state index in [9.17, 15) is 8.42 Å². The molecule has 3 heterocycles. The topological polar surface area (TPSA) is 108 Å². The van der Waals surface area contributed by atoms with Crippen LogP contribution in [0.5, 0.6) is 0 Å². The first kappa shape index (κ1) is 36.1. The standard InChI is InChI=1S/C34H34Cl3FN8O2S2/c1-44(2)17-18-45(3)49(4,5)28-19-46(26-11-7-6-9-21(26)28)29-16-15-25-33(41-29)34(40-20-39-25)42-32-23(38)13-14-24(31(32)37)43-50(47,48)27-12-8-10-22(35)30(27)36/h6-16,19-20,43H,17-18H2,1-5H3,(H,39,40,42). The Labute approximate surface area is 306 Å². The Balaban J connectivity index is 1.39. The van der Waals surface area contributed by atoms with Gasteiger partial charge in [-0.1, -0.05) is 59.1 Å². The molecule has 3 aromatic carbocycles. The Hall–Kier alpha value is -3.69. The second-order valence-electron chi connectivity index (χ2n) is 12.1. The zero-order valence-electron chi connectivity index (χ0n) is 27.7. The summed E-state index contributed by atoms with van der Waals surface area (Å²) in [5.74, 6) is 0.0308. The third-order valence-corrected chi connectivity index (χ3v) is 14.2. The molecule has 16 heteroatoms. The zero-order valence-corrected chi connectivity index (χ0v) is 31.6. The van der Waals surface area contributed by atoms with Crippen molar-refractivity contribution >= 4 is 94.2 Å². The van der Waals surface area contributed by atoms with E-state index >= 15 is 4.39 Å². The van der Waals surface area contributed by atoms with Crippen LogP contribution >= 0.6 is 45.0 Å². The summed E-state index contributed by atoms with van der Waals surface area (Å²) in [6, 6.07) is 18.4. The number of benzene rings is 3. The maximum Gasteiger partial charge on any atom is 0.263 e. The van der Waals surface area contributed by atoms with Gasteiger partial charge in [-0.3, -0.25) is 9.03 Å². The molecule has 0 unspecified atom stereocenters. The predicted octanol–water partition coefficient (Wildman–Crippen LogP) is 8.44. The largest absolute Gasteiger partial charge is 0.335 e. The van der Waals surface area contributed by atoms with Gasteiger partial charge in [-0.15, -0.1) is 0 Å². The van der Waals surface area contributed by atoms with Crippen LogP contribution in [0.3, 0.4) is 0 Å². The van der Waals surface area contributed by atoms with E-state index in [1.54, 1.807) is 0 Å². The molecule has 3 aromatic heterocycles. The molecule has 0 bridgehead atoms. The molecule has 0 saturated carbocycles. The number of fused-ring (bicyclic) bond motifs is 2. The lowest BCUT2D eigenvalue weighted by Crippen LogP contribution is -2.30. The van der Waals surface area contributed by atoms with Gasteiger partial charge in [0.2, 0.25) is 0 Å². The van der Waals surface area contributed by atoms with E-state index in [4.69, 9.17) is 39.8 Å². The Morgan fingerprint density at radius 2 is 1.62 bits per heavy atom. The van der Waals surface area contributed by atoms with Gasteiger partial charge in [-0.2, -0.15) is 10.2 Å². The van der Waals surface area contributed by atoms with Crippen molar-refractivity contribution < 1.29 is 12.8 Å². The SMILES string of the molecule is CN(C)CCN(C)S(C)(C)c1cn(-c2ccc3ncnc(Nc4c(F)ccc(NS(=O)(=O)c5cccc(Cl)c5Cl)c4Cl)c3n2)c2ccccc12. The van der Waals surface area contributed by atoms with Gasteiger partial charge in [0, 0.05) is 29.6 Å². The van der Waals surface area contributed by atoms with Gasteiger partial charge in [0.05, 0.1) is 37.5 Å². The highest BCUT2D eigenvalue weighted by Crippen LogP contribution is 2.55. The maximum absolute atomic E-state index is 15.4. The summed E-state index contributed by atoms with van der Waals surface area (Å²) in [4.78, 5) is 16.8. The van der Waals surface area contributed by atoms with E-state index in [1.807, 2.05) is 28.8 Å². The van der Waals surface area contributed by atoms with Gasteiger partial charge in [0.15, 0.2) is 5.82 Å². The van der Waals surface area contributed by atoms with Crippen LogP contribution < -0.4 is 10.0 Å². The molecule has 0 fully saturated rings. The first-order valence-corrected chi connectivity index (χ1v) is 20.2. The van der Waals surface area contributed by atoms with Crippen LogP contribution in [0.2, 0.25) is 15.1 Å². The first-order valence-electron chi connectivity index (χ1n) is 15.2. The third-order valence-electron chi connectivity index (χ3n) is 8.35. The first-order chi connectivity index (χ1) is 23.7. The van der Waals surface area contributed by atoms with E-state index in [1.165, 1.54) is 35.5 Å². The number of hydrogen-bond donors (Lipinski definition) is 2. The fraction of sp³-hybridized carbons (Fsp3) is 0.206. The highest BCUT2D eigenvalue weighted by molar-refractivity contribution is 8.30. The van der Waals surface area contributed by atoms with Crippen LogP contribution in [0.25, 0.3) is 27.8 Å². The number of aromatic nitrogens is 4. The maximum atomic E-state index is 15.4. The van der Waals surface area contributed by atoms with Gasteiger partial charge in [0.25, 0.3) is 10.0 Å². The van der Waals surface area contributed by atoms with Crippen molar-refractivity contribution in [1.29, 1.82) is 0 Å². The average molecular weight is 776 g/mol. The van der Waals surface area contributed by atoms with Crippen LogP contribution in [0.4, 0.5) is 21.6 Å². The van der Waals surface area contributed by atoms with E-state index in [-0.39, 0.29) is 37.2 Å². The minimum absolute atomic E-state index is 0.0611. The molecule has 0 radical (unpaired) electrons. The molecular formula is C34H34Cl3FN8O2S2. The zero-order chi connectivity index (χ0) is 36.0. The summed E-state index contributed by atoms with van der Waals surface area (Å²) < 4.78 is 48.6. The minimum Gasteiger partial charge on any atom is -0.335 e. The molecule has 10 nitrogen and oxygen atoms in total. The molecule has 50 heavy (non-hydrogen) atoms. The molecule has 6 aromatic rings. The second-order valence-corrected chi connectivity index (χ2v) is 18.6. The van der Waals surface area contributed by atoms with Crippen molar-refractivity contribution in [3.05, 3.63) is 100 Å². The molecule has 0 aliphatic heterocycles. The number of pyridine rings is 1. The number of likely N-dealkylation sites (N-methyl/N-ethyl adjacent to an activating group) is 2. The van der Waals surface area contributed by atoms with Crippen LogP contribution in [0.1, 0.15) is 0 Å². The Morgan fingerprint density at radius 1 is 0.860 bits per heavy atom. The van der Waals surface area contributed by atoms with Gasteiger partial charge in [-0.25, -0.2) is 27.8 Å². The normalized spacial score (nSPS) is 12.7. The number of para-hydroxylation sites is 1. The number of nitrogens with one attached hydrogen (secondary N) is 2. The van der Waals surface area contributed by atoms with E-state index in [0.29, 0.717) is 16.9 Å². The summed E-state index contributed by atoms with van der Waals surface area (Å²) in [6.45, 7) is 1.84. The second kappa shape index (κ2) is 14.1.